The van der Waals surface area contributed by atoms with Crippen LogP contribution >= 0.6 is 11.8 Å². The van der Waals surface area contributed by atoms with E-state index < -0.39 is 5.97 Å². The maximum atomic E-state index is 11.5. The zero-order chi connectivity index (χ0) is 15.9. The van der Waals surface area contributed by atoms with Crippen LogP contribution < -0.4 is 0 Å². The lowest BCUT2D eigenvalue weighted by atomic mass is 10.2. The minimum atomic E-state index is -0.644. The standard InChI is InChI=1S/C17H15NO3S/c1-3-20-17(19)13(11-18)10-14-6-9-16(21-14)22-15-7-4-12(2)5-8-15/h4-10H,3H2,1-2H3/b13-10-. The van der Waals surface area contributed by atoms with Crippen molar-refractivity contribution in [3.63, 3.8) is 0 Å². The molecule has 4 nitrogen and oxygen atoms in total. The summed E-state index contributed by atoms with van der Waals surface area (Å²) in [7, 11) is 0. The van der Waals surface area contributed by atoms with E-state index in [-0.39, 0.29) is 12.2 Å². The largest absolute Gasteiger partial charge is 0.462 e. The molecule has 0 radical (unpaired) electrons. The molecular weight excluding hydrogens is 298 g/mol. The normalized spacial score (nSPS) is 11.0. The molecule has 2 aromatic rings. The second kappa shape index (κ2) is 7.53. The average molecular weight is 313 g/mol. The highest BCUT2D eigenvalue weighted by Crippen LogP contribution is 2.30. The summed E-state index contributed by atoms with van der Waals surface area (Å²) < 4.78 is 10.4. The van der Waals surface area contributed by atoms with Gasteiger partial charge in [-0.15, -0.1) is 0 Å². The molecule has 0 aliphatic rings. The van der Waals surface area contributed by atoms with Crippen LogP contribution in [0.2, 0.25) is 0 Å². The van der Waals surface area contributed by atoms with Crippen LogP contribution in [0.25, 0.3) is 6.08 Å². The number of carbonyl (C=O) groups is 1. The van der Waals surface area contributed by atoms with Crippen molar-refractivity contribution in [2.75, 3.05) is 6.61 Å². The summed E-state index contributed by atoms with van der Waals surface area (Å²) in [6.07, 6.45) is 1.39. The number of furan rings is 1. The summed E-state index contributed by atoms with van der Waals surface area (Å²) in [5.74, 6) is -0.201. The zero-order valence-electron chi connectivity index (χ0n) is 12.3. The van der Waals surface area contributed by atoms with E-state index in [9.17, 15) is 4.79 Å². The first-order chi connectivity index (χ1) is 10.6. The Hall–Kier alpha value is -2.45. The van der Waals surface area contributed by atoms with Crippen LogP contribution in [-0.4, -0.2) is 12.6 Å². The predicted octanol–water partition coefficient (Wildman–Crippen LogP) is 4.21. The molecule has 0 bridgehead atoms. The molecule has 0 N–H and O–H groups in total. The summed E-state index contributed by atoms with van der Waals surface area (Å²) in [5.41, 5.74) is 1.11. The topological polar surface area (TPSA) is 63.2 Å². The summed E-state index contributed by atoms with van der Waals surface area (Å²) in [6, 6.07) is 13.4. The van der Waals surface area contributed by atoms with Crippen molar-refractivity contribution in [2.24, 2.45) is 0 Å². The van der Waals surface area contributed by atoms with Crippen LogP contribution in [0.4, 0.5) is 0 Å². The maximum Gasteiger partial charge on any atom is 0.349 e. The molecule has 112 valence electrons. The van der Waals surface area contributed by atoms with E-state index in [0.29, 0.717) is 10.9 Å². The highest BCUT2D eigenvalue weighted by atomic mass is 32.2. The molecule has 0 aliphatic carbocycles. The molecule has 1 aromatic carbocycles. The van der Waals surface area contributed by atoms with E-state index >= 15 is 0 Å². The Balaban J connectivity index is 2.12. The number of ether oxygens (including phenoxy) is 1. The van der Waals surface area contributed by atoms with E-state index in [1.54, 1.807) is 19.1 Å². The van der Waals surface area contributed by atoms with Crippen LogP contribution in [0.1, 0.15) is 18.2 Å². The van der Waals surface area contributed by atoms with Gasteiger partial charge in [0.2, 0.25) is 0 Å². The van der Waals surface area contributed by atoms with E-state index in [1.807, 2.05) is 37.3 Å². The van der Waals surface area contributed by atoms with Crippen molar-refractivity contribution in [1.82, 2.24) is 0 Å². The molecule has 0 saturated heterocycles. The summed E-state index contributed by atoms with van der Waals surface area (Å²) in [6.45, 7) is 3.95. The number of benzene rings is 1. The number of aryl methyl sites for hydroxylation is 1. The van der Waals surface area contributed by atoms with Gasteiger partial charge in [-0.05, 0) is 38.1 Å². The third-order valence-corrected chi connectivity index (χ3v) is 3.67. The summed E-state index contributed by atoms with van der Waals surface area (Å²) >= 11 is 1.48. The van der Waals surface area contributed by atoms with Gasteiger partial charge in [-0.1, -0.05) is 29.5 Å². The number of carbonyl (C=O) groups excluding carboxylic acids is 1. The molecule has 0 atom stereocenters. The molecular formula is C17H15NO3S. The fourth-order valence-electron chi connectivity index (χ4n) is 1.68. The Morgan fingerprint density at radius 1 is 1.32 bits per heavy atom. The van der Waals surface area contributed by atoms with Crippen LogP contribution in [0.5, 0.6) is 0 Å². The van der Waals surface area contributed by atoms with Gasteiger partial charge in [0, 0.05) is 11.0 Å². The summed E-state index contributed by atoms with van der Waals surface area (Å²) in [4.78, 5) is 12.6. The molecule has 5 heteroatoms. The van der Waals surface area contributed by atoms with Crippen molar-refractivity contribution in [2.45, 2.75) is 23.8 Å². The zero-order valence-corrected chi connectivity index (χ0v) is 13.1. The molecule has 0 unspecified atom stereocenters. The number of hydrogen-bond acceptors (Lipinski definition) is 5. The Kier molecular flexibility index (Phi) is 5.45. The van der Waals surface area contributed by atoms with Crippen LogP contribution in [0.15, 0.2) is 56.4 Å². The maximum absolute atomic E-state index is 11.5. The van der Waals surface area contributed by atoms with Gasteiger partial charge in [0.1, 0.15) is 17.4 Å². The lowest BCUT2D eigenvalue weighted by Crippen LogP contribution is -2.05. The third kappa shape index (κ3) is 4.27. The molecule has 22 heavy (non-hydrogen) atoms. The molecule has 2 rings (SSSR count). The van der Waals surface area contributed by atoms with Gasteiger partial charge in [-0.25, -0.2) is 4.79 Å². The number of hydrogen-bond donors (Lipinski definition) is 0. The van der Waals surface area contributed by atoms with E-state index in [0.717, 1.165) is 4.90 Å². The average Bonchev–Trinajstić information content (AvgIpc) is 2.94. The smallest absolute Gasteiger partial charge is 0.349 e. The van der Waals surface area contributed by atoms with E-state index in [1.165, 1.54) is 23.4 Å². The Morgan fingerprint density at radius 3 is 2.68 bits per heavy atom. The van der Waals surface area contributed by atoms with Crippen molar-refractivity contribution in [1.29, 1.82) is 5.26 Å². The summed E-state index contributed by atoms with van der Waals surface area (Å²) in [5, 5.41) is 9.68. The predicted molar refractivity (Wildman–Crippen MR) is 84.2 cm³/mol. The first-order valence-electron chi connectivity index (χ1n) is 6.75. The molecule has 0 amide bonds. The van der Waals surface area contributed by atoms with Gasteiger partial charge < -0.3 is 9.15 Å². The first-order valence-corrected chi connectivity index (χ1v) is 7.57. The van der Waals surface area contributed by atoms with Crippen LogP contribution in [0.3, 0.4) is 0 Å². The minimum absolute atomic E-state index is 0.0805. The molecule has 1 aromatic heterocycles. The number of nitriles is 1. The third-order valence-electron chi connectivity index (χ3n) is 2.74. The molecule has 0 fully saturated rings. The fraction of sp³-hybridized carbons (Fsp3) is 0.176. The van der Waals surface area contributed by atoms with Gasteiger partial charge in [-0.3, -0.25) is 0 Å². The fourth-order valence-corrected chi connectivity index (χ4v) is 2.46. The Morgan fingerprint density at radius 2 is 2.05 bits per heavy atom. The van der Waals surface area contributed by atoms with Gasteiger partial charge in [-0.2, -0.15) is 5.26 Å². The molecule has 0 saturated carbocycles. The van der Waals surface area contributed by atoms with Gasteiger partial charge >= 0.3 is 5.97 Å². The van der Waals surface area contributed by atoms with Crippen molar-refractivity contribution < 1.29 is 13.9 Å². The van der Waals surface area contributed by atoms with Gasteiger partial charge in [0.25, 0.3) is 0 Å². The quantitative estimate of drug-likeness (QED) is 0.470. The molecule has 0 aliphatic heterocycles. The Bertz CT molecular complexity index is 723. The number of rotatable bonds is 5. The number of esters is 1. The van der Waals surface area contributed by atoms with Crippen molar-refractivity contribution >= 4 is 23.8 Å². The lowest BCUT2D eigenvalue weighted by molar-refractivity contribution is -0.137. The monoisotopic (exact) mass is 313 g/mol. The van der Waals surface area contributed by atoms with Crippen molar-refractivity contribution in [3.05, 3.63) is 53.3 Å². The first kappa shape index (κ1) is 15.9. The Labute approximate surface area is 133 Å². The highest BCUT2D eigenvalue weighted by molar-refractivity contribution is 7.99. The number of nitrogens with zero attached hydrogens (tertiary/aromatic N) is 1. The second-order valence-electron chi connectivity index (χ2n) is 4.46. The minimum Gasteiger partial charge on any atom is -0.462 e. The second-order valence-corrected chi connectivity index (χ2v) is 5.54. The van der Waals surface area contributed by atoms with E-state index in [2.05, 4.69) is 0 Å². The van der Waals surface area contributed by atoms with Gasteiger partial charge in [0.05, 0.1) is 6.61 Å². The van der Waals surface area contributed by atoms with Gasteiger partial charge in [0.15, 0.2) is 5.09 Å². The SMILES string of the molecule is CCOC(=O)/C(C#N)=C\c1ccc(Sc2ccc(C)cc2)o1. The highest BCUT2D eigenvalue weighted by Gasteiger charge is 2.11. The van der Waals surface area contributed by atoms with Crippen molar-refractivity contribution in [3.8, 4) is 6.07 Å². The van der Waals surface area contributed by atoms with Crippen LogP contribution in [-0.2, 0) is 9.53 Å². The lowest BCUT2D eigenvalue weighted by Gasteiger charge is -1.99. The molecule has 0 spiro atoms. The molecule has 1 heterocycles. The van der Waals surface area contributed by atoms with E-state index in [4.69, 9.17) is 14.4 Å². The van der Waals surface area contributed by atoms with Crippen LogP contribution in [0, 0.1) is 18.3 Å².